The molecule has 142 heavy (non-hydrogen) atoms. The Bertz CT molecular complexity index is 8270. The van der Waals surface area contributed by atoms with E-state index < -0.39 is 81.6 Å². The van der Waals surface area contributed by atoms with Gasteiger partial charge < -0.3 is 20.9 Å². The molecule has 9 aromatic carbocycles. The van der Waals surface area contributed by atoms with Gasteiger partial charge in [-0.1, -0.05) is 95.6 Å². The highest BCUT2D eigenvalue weighted by atomic mass is 19.4. The van der Waals surface area contributed by atoms with Crippen molar-refractivity contribution < 1.29 is 75.8 Å². The number of fused-ring (bicyclic) bond motifs is 5. The Labute approximate surface area is 797 Å². The molecule has 0 saturated heterocycles. The molecule has 21 rings (SSSR count). The van der Waals surface area contributed by atoms with Crippen LogP contribution in [0.15, 0.2) is 311 Å². The Morgan fingerprint density at radius 1 is 0.331 bits per heavy atom. The number of amides is 3. The Morgan fingerprint density at radius 3 is 1.22 bits per heavy atom. The van der Waals surface area contributed by atoms with Crippen LogP contribution in [0.2, 0.25) is 0 Å². The van der Waals surface area contributed by atoms with E-state index in [-0.39, 0.29) is 62.5 Å². The lowest BCUT2D eigenvalue weighted by molar-refractivity contribution is -0.138. The van der Waals surface area contributed by atoms with Gasteiger partial charge in [0.15, 0.2) is 52.2 Å². The highest BCUT2D eigenvalue weighted by Crippen LogP contribution is 2.43. The van der Waals surface area contributed by atoms with Gasteiger partial charge in [0.1, 0.15) is 34.2 Å². The fraction of sp³-hybridized carbons (Fsp3) is 0.0741. The number of nitrogens with zero attached hydrogens (tertiary/aromatic N) is 13. The number of hydrogen-bond donors (Lipinski definition) is 4. The van der Waals surface area contributed by atoms with Gasteiger partial charge in [0, 0.05) is 104 Å². The van der Waals surface area contributed by atoms with Crippen LogP contribution in [-0.2, 0) is 12.4 Å². The second-order valence-electron chi connectivity index (χ2n) is 32.9. The van der Waals surface area contributed by atoms with E-state index in [0.29, 0.717) is 118 Å². The van der Waals surface area contributed by atoms with Gasteiger partial charge in [-0.3, -0.25) is 32.6 Å². The molecule has 0 bridgehead atoms. The van der Waals surface area contributed by atoms with Crippen molar-refractivity contribution in [2.45, 2.75) is 53.9 Å². The molecular formula is C108H73F14N17O3. The quantitative estimate of drug-likeness (QED) is 0.0702. The number of pyridine rings is 6. The number of imidazole rings is 5. The normalized spacial score (nSPS) is 11.5. The van der Waals surface area contributed by atoms with Gasteiger partial charge >= 0.3 is 12.4 Å². The number of halogens is 14. The zero-order valence-corrected chi connectivity index (χ0v) is 75.3. The van der Waals surface area contributed by atoms with Crippen molar-refractivity contribution in [2.75, 3.05) is 16.0 Å². The molecule has 20 nitrogen and oxygen atoms in total. The first kappa shape index (κ1) is 94.4. The fourth-order valence-corrected chi connectivity index (χ4v) is 16.1. The molecule has 3 amide bonds. The maximum Gasteiger partial charge on any atom is 0.418 e. The molecule has 21 aromatic rings. The topological polar surface area (TPSA) is 237 Å². The SMILES string of the molecule is Cc1ccc(NC(=O)c2cc(-c3ccnn4c(-c5cccc(F)c5F)cnc34)cnc2C)cc1.Cc1ccc(NC(=O)c2nc(-c3cccn4c(-c5cccc(F)c5F)cnc34)ccc2C(F)(F)F)cc1.Cc1ccc(NC(=O)c2nc(-c3cccn4c(-c5cccc(F)c5F)cnc34)ccc2C)cc1.Cc1ccc2nc(-c3cc(-c4cccn5c(-c6cccc(F)c6F)cnc45)ccc3C(F)(F)F)[nH]c2c1. The lowest BCUT2D eigenvalue weighted by atomic mass is 9.98. The predicted molar refractivity (Wildman–Crippen MR) is 512 cm³/mol. The molecule has 0 aliphatic carbocycles. The fourth-order valence-electron chi connectivity index (χ4n) is 16.1. The van der Waals surface area contributed by atoms with E-state index in [1.807, 2.05) is 113 Å². The number of H-pyrrole nitrogens is 1. The lowest BCUT2D eigenvalue weighted by Gasteiger charge is -2.14. The van der Waals surface area contributed by atoms with Crippen LogP contribution < -0.4 is 16.0 Å². The molecule has 0 fully saturated rings. The minimum absolute atomic E-state index is 0.0235. The molecule has 0 spiro atoms. The van der Waals surface area contributed by atoms with Gasteiger partial charge in [-0.2, -0.15) is 31.4 Å². The summed E-state index contributed by atoms with van der Waals surface area (Å²) in [5.41, 5.74) is 12.8. The molecule has 0 atom stereocenters. The number of nitrogens with one attached hydrogen (secondary N) is 4. The van der Waals surface area contributed by atoms with Gasteiger partial charge in [0.05, 0.1) is 92.4 Å². The second-order valence-corrected chi connectivity index (χ2v) is 32.9. The van der Waals surface area contributed by atoms with Crippen molar-refractivity contribution in [2.24, 2.45) is 0 Å². The molecule has 706 valence electrons. The highest BCUT2D eigenvalue weighted by molar-refractivity contribution is 6.07. The Morgan fingerprint density at radius 2 is 0.732 bits per heavy atom. The number of aromatic nitrogens is 14. The lowest BCUT2D eigenvalue weighted by Crippen LogP contribution is -2.21. The first-order valence-electron chi connectivity index (χ1n) is 43.5. The third-order valence-corrected chi connectivity index (χ3v) is 23.3. The number of alkyl halides is 6. The van der Waals surface area contributed by atoms with E-state index in [1.54, 1.807) is 113 Å². The van der Waals surface area contributed by atoms with Gasteiger partial charge in [0.25, 0.3) is 17.7 Å². The summed E-state index contributed by atoms with van der Waals surface area (Å²) >= 11 is 0. The van der Waals surface area contributed by atoms with Crippen molar-refractivity contribution in [3.05, 3.63) is 419 Å². The standard InChI is InChI=1S/C28H17F5N4.C27H17F5N4O.C27H20F2N4O.C26H19F2N5O/c1-15-7-10-22-23(12-15)36-26(35-22)19-13-16(8-9-20(19)28(31,32)33)17-5-3-11-37-24(14-34-27(17)37)18-4-2-6-21(29)25(18)30;1-15-7-9-16(10-8-15)34-26(37)24-19(27(30,31)32)11-12-21(35-24)17-5-3-13-36-22(14-33-25(17)36)18-4-2-6-20(28)23(18)29;1-16-8-11-18(12-9-16)31-27(34)25-17(2)10-13-22(32-25)19-6-4-14-33-23(15-30-26(19)33)20-5-3-7-21(28)24(20)29;1-15-6-8-18(9-7-15)32-26(34)21-12-17(13-29-16(21)2)19-10-11-31-33-23(14-30-25(19)33)20-4-3-5-22(27)24(20)28/h2-14H,1H3,(H,35,36);2-14H,1H3,(H,34,37);3-15H,1-2H3,(H,31,34);3-14H,1-2H3,(H,32,34). The van der Waals surface area contributed by atoms with Crippen LogP contribution >= 0.6 is 0 Å². The van der Waals surface area contributed by atoms with Crippen molar-refractivity contribution in [3.8, 4) is 101 Å². The van der Waals surface area contributed by atoms with E-state index in [2.05, 4.69) is 65.9 Å². The number of hydrogen-bond acceptors (Lipinski definition) is 12. The van der Waals surface area contributed by atoms with Crippen LogP contribution in [0.3, 0.4) is 0 Å². The third-order valence-electron chi connectivity index (χ3n) is 23.3. The van der Waals surface area contributed by atoms with Gasteiger partial charge in [-0.25, -0.2) is 74.5 Å². The molecule has 12 heterocycles. The van der Waals surface area contributed by atoms with Crippen molar-refractivity contribution in [1.82, 2.24) is 67.7 Å². The van der Waals surface area contributed by atoms with E-state index >= 15 is 0 Å². The minimum atomic E-state index is -4.83. The first-order valence-corrected chi connectivity index (χ1v) is 43.5. The summed E-state index contributed by atoms with van der Waals surface area (Å²) in [7, 11) is 0. The summed E-state index contributed by atoms with van der Waals surface area (Å²) in [6.07, 6.45) is 4.34. The van der Waals surface area contributed by atoms with Crippen LogP contribution in [-0.4, -0.2) is 85.4 Å². The summed E-state index contributed by atoms with van der Waals surface area (Å²) in [5.74, 6) is -9.40. The van der Waals surface area contributed by atoms with Gasteiger partial charge in [0.2, 0.25) is 0 Å². The number of carbonyl (C=O) groups excluding carboxylic acids is 3. The average Bonchev–Trinajstić information content (AvgIpc) is 1.52. The predicted octanol–water partition coefficient (Wildman–Crippen LogP) is 26.6. The maximum absolute atomic E-state index is 14.5. The molecule has 0 unspecified atom stereocenters. The second kappa shape index (κ2) is 38.9. The number of aromatic amines is 1. The van der Waals surface area contributed by atoms with Crippen LogP contribution in [0.5, 0.6) is 0 Å². The third kappa shape index (κ3) is 19.2. The Kier molecular flexibility index (Phi) is 25.8. The number of carbonyl (C=O) groups is 3. The van der Waals surface area contributed by atoms with Crippen LogP contribution in [0.25, 0.3) is 135 Å². The molecule has 12 aromatic heterocycles. The number of aryl methyl sites for hydroxylation is 6. The molecule has 0 aliphatic heterocycles. The summed E-state index contributed by atoms with van der Waals surface area (Å²) < 4.78 is 202. The zero-order valence-electron chi connectivity index (χ0n) is 75.3. The number of anilines is 3. The molecule has 4 N–H and O–H groups in total. The summed E-state index contributed by atoms with van der Waals surface area (Å²) in [6.45, 7) is 11.3. The largest absolute Gasteiger partial charge is 0.418 e. The van der Waals surface area contributed by atoms with Gasteiger partial charge in [-0.15, -0.1) is 0 Å². The van der Waals surface area contributed by atoms with Crippen LogP contribution in [0, 0.1) is 88.1 Å². The van der Waals surface area contributed by atoms with Crippen molar-refractivity contribution >= 4 is 68.4 Å². The van der Waals surface area contributed by atoms with Crippen LogP contribution in [0.1, 0.15) is 76.0 Å². The monoisotopic (exact) mass is 1920 g/mol. The summed E-state index contributed by atoms with van der Waals surface area (Å²) in [4.78, 5) is 76.8. The number of rotatable bonds is 15. The average molecular weight is 1920 g/mol. The van der Waals surface area contributed by atoms with Crippen molar-refractivity contribution in [3.63, 3.8) is 0 Å². The van der Waals surface area contributed by atoms with Gasteiger partial charge in [-0.05, 0) is 234 Å². The maximum atomic E-state index is 14.5. The Hall–Kier alpha value is -18.0. The first-order chi connectivity index (χ1) is 68.2. The molecule has 0 aliphatic rings. The van der Waals surface area contributed by atoms with E-state index in [9.17, 15) is 75.8 Å². The Balaban J connectivity index is 0.000000125. The summed E-state index contributed by atoms with van der Waals surface area (Å²) in [6, 6.07) is 65.5. The minimum Gasteiger partial charge on any atom is -0.338 e. The smallest absolute Gasteiger partial charge is 0.338 e. The molecule has 0 radical (unpaired) electrons. The summed E-state index contributed by atoms with van der Waals surface area (Å²) in [5, 5.41) is 12.5. The van der Waals surface area contributed by atoms with E-state index in [1.165, 1.54) is 101 Å². The van der Waals surface area contributed by atoms with Crippen LogP contribution in [0.4, 0.5) is 78.5 Å². The molecule has 34 heteroatoms. The molecular weight excluding hydrogens is 1850 g/mol. The zero-order chi connectivity index (χ0) is 99.9. The molecule has 0 saturated carbocycles. The van der Waals surface area contributed by atoms with Crippen molar-refractivity contribution in [1.29, 1.82) is 0 Å². The number of benzene rings is 9. The van der Waals surface area contributed by atoms with E-state index in [4.69, 9.17) is 0 Å². The van der Waals surface area contributed by atoms with E-state index in [0.717, 1.165) is 70.3 Å². The highest BCUT2D eigenvalue weighted by Gasteiger charge is 2.38.